The van der Waals surface area contributed by atoms with Crippen LogP contribution in [0.3, 0.4) is 0 Å². The van der Waals surface area contributed by atoms with Crippen molar-refractivity contribution in [1.29, 1.82) is 0 Å². The third kappa shape index (κ3) is 3.55. The van der Waals surface area contributed by atoms with E-state index in [4.69, 9.17) is 0 Å². The highest BCUT2D eigenvalue weighted by Gasteiger charge is 2.09. The highest BCUT2D eigenvalue weighted by atomic mass is 16.5. The summed E-state index contributed by atoms with van der Waals surface area (Å²) in [7, 11) is 0. The molecular formula is C17H15N3O3. The summed E-state index contributed by atoms with van der Waals surface area (Å²) in [6.45, 7) is 2.41. The molecule has 1 amide bonds. The third-order valence-electron chi connectivity index (χ3n) is 3.40. The zero-order valence-electron chi connectivity index (χ0n) is 12.5. The molecule has 3 aromatic rings. The van der Waals surface area contributed by atoms with E-state index in [1.807, 2.05) is 31.2 Å². The maximum Gasteiger partial charge on any atom is 0.258 e. The van der Waals surface area contributed by atoms with Crippen LogP contribution in [-0.4, -0.2) is 15.6 Å². The minimum absolute atomic E-state index is 0.163. The molecule has 0 aliphatic carbocycles. The summed E-state index contributed by atoms with van der Waals surface area (Å²) >= 11 is 0. The van der Waals surface area contributed by atoms with Crippen molar-refractivity contribution in [2.45, 2.75) is 13.5 Å². The Bertz CT molecular complexity index is 865. The molecule has 0 radical (unpaired) electrons. The van der Waals surface area contributed by atoms with Crippen molar-refractivity contribution in [3.8, 4) is 0 Å². The highest BCUT2D eigenvalue weighted by Crippen LogP contribution is 2.07. The second-order valence-electron chi connectivity index (χ2n) is 5.21. The van der Waals surface area contributed by atoms with Crippen LogP contribution in [0.2, 0.25) is 0 Å². The third-order valence-corrected chi connectivity index (χ3v) is 3.40. The van der Waals surface area contributed by atoms with Crippen LogP contribution in [0, 0.1) is 6.92 Å². The molecule has 2 aromatic heterocycles. The van der Waals surface area contributed by atoms with Crippen molar-refractivity contribution in [1.82, 2.24) is 9.72 Å². The molecule has 0 aliphatic rings. The maximum atomic E-state index is 12.2. The van der Waals surface area contributed by atoms with E-state index in [1.54, 1.807) is 6.07 Å². The number of hydrogen-bond acceptors (Lipinski definition) is 4. The molecule has 0 saturated carbocycles. The van der Waals surface area contributed by atoms with Crippen molar-refractivity contribution in [3.63, 3.8) is 0 Å². The Morgan fingerprint density at radius 2 is 1.96 bits per heavy atom. The average molecular weight is 309 g/mol. The molecule has 2 heterocycles. The fraction of sp³-hybridized carbons (Fsp3) is 0.118. The lowest BCUT2D eigenvalue weighted by Gasteiger charge is -2.08. The number of anilines is 1. The lowest BCUT2D eigenvalue weighted by molar-refractivity contribution is 0.102. The fourth-order valence-electron chi connectivity index (χ4n) is 2.14. The lowest BCUT2D eigenvalue weighted by atomic mass is 10.1. The van der Waals surface area contributed by atoms with Crippen LogP contribution in [0.5, 0.6) is 0 Å². The average Bonchev–Trinajstić information content (AvgIpc) is 3.04. The number of rotatable bonds is 4. The molecule has 0 spiro atoms. The van der Waals surface area contributed by atoms with E-state index in [9.17, 15) is 9.59 Å². The molecule has 6 heteroatoms. The summed E-state index contributed by atoms with van der Waals surface area (Å²) in [4.78, 5) is 24.2. The molecule has 0 bridgehead atoms. The van der Waals surface area contributed by atoms with Crippen LogP contribution in [0.4, 0.5) is 5.82 Å². The van der Waals surface area contributed by atoms with Crippen molar-refractivity contribution in [2.24, 2.45) is 0 Å². The van der Waals surface area contributed by atoms with E-state index in [-0.39, 0.29) is 11.5 Å². The second kappa shape index (κ2) is 6.31. The topological polar surface area (TPSA) is 77.1 Å². The minimum atomic E-state index is -0.350. The highest BCUT2D eigenvalue weighted by molar-refractivity contribution is 6.03. The number of pyridine rings is 1. The van der Waals surface area contributed by atoms with Gasteiger partial charge in [-0.05, 0) is 18.6 Å². The summed E-state index contributed by atoms with van der Waals surface area (Å²) in [5.74, 6) is -0.0251. The Balaban J connectivity index is 1.82. The number of hydrogen-bond donors (Lipinski definition) is 1. The molecule has 0 saturated heterocycles. The van der Waals surface area contributed by atoms with E-state index >= 15 is 0 Å². The summed E-state index contributed by atoms with van der Waals surface area (Å²) in [6, 6.07) is 12.3. The second-order valence-corrected chi connectivity index (χ2v) is 5.21. The van der Waals surface area contributed by atoms with Crippen molar-refractivity contribution in [3.05, 3.63) is 82.0 Å². The molecule has 0 atom stereocenters. The first-order valence-electron chi connectivity index (χ1n) is 7.09. The van der Waals surface area contributed by atoms with Gasteiger partial charge < -0.3 is 14.4 Å². The molecule has 1 N–H and O–H groups in total. The zero-order chi connectivity index (χ0) is 16.2. The van der Waals surface area contributed by atoms with Crippen LogP contribution >= 0.6 is 0 Å². The van der Waals surface area contributed by atoms with Gasteiger partial charge in [-0.25, -0.2) is 0 Å². The van der Waals surface area contributed by atoms with Crippen LogP contribution in [0.25, 0.3) is 0 Å². The van der Waals surface area contributed by atoms with Crippen molar-refractivity contribution in [2.75, 3.05) is 5.32 Å². The minimum Gasteiger partial charge on any atom is -0.363 e. The monoisotopic (exact) mass is 309 g/mol. The number of aromatic nitrogens is 2. The Labute approximate surface area is 132 Å². The first kappa shape index (κ1) is 14.8. The lowest BCUT2D eigenvalue weighted by Crippen LogP contribution is -2.22. The largest absolute Gasteiger partial charge is 0.363 e. The predicted molar refractivity (Wildman–Crippen MR) is 85.4 cm³/mol. The smallest absolute Gasteiger partial charge is 0.258 e. The van der Waals surface area contributed by atoms with Gasteiger partial charge in [-0.15, -0.1) is 0 Å². The number of benzene rings is 1. The van der Waals surface area contributed by atoms with E-state index < -0.39 is 0 Å². The summed E-state index contributed by atoms with van der Waals surface area (Å²) in [5.41, 5.74) is 2.36. The van der Waals surface area contributed by atoms with Gasteiger partial charge >= 0.3 is 0 Å². The molecule has 3 rings (SSSR count). The first-order chi connectivity index (χ1) is 11.1. The maximum absolute atomic E-state index is 12.2. The predicted octanol–water partition coefficient (Wildman–Crippen LogP) is 2.45. The number of nitrogens with zero attached hydrogens (tertiary/aromatic N) is 2. The molecule has 0 fully saturated rings. The van der Waals surface area contributed by atoms with Crippen LogP contribution in [0.1, 0.15) is 21.5 Å². The Morgan fingerprint density at radius 1 is 1.17 bits per heavy atom. The number of nitrogens with one attached hydrogen (secondary N) is 1. The molecule has 23 heavy (non-hydrogen) atoms. The molecule has 1 aromatic carbocycles. The van der Waals surface area contributed by atoms with Crippen LogP contribution in [-0.2, 0) is 6.54 Å². The number of carbonyl (C=O) groups is 1. The van der Waals surface area contributed by atoms with Gasteiger partial charge in [0.15, 0.2) is 5.82 Å². The van der Waals surface area contributed by atoms with Crippen molar-refractivity contribution < 1.29 is 9.32 Å². The Hall–Kier alpha value is -3.15. The van der Waals surface area contributed by atoms with Crippen LogP contribution < -0.4 is 10.9 Å². The van der Waals surface area contributed by atoms with Gasteiger partial charge in [0.05, 0.1) is 12.1 Å². The molecule has 0 aliphatic heterocycles. The molecule has 0 unspecified atom stereocenters. The number of amides is 1. The molecule has 116 valence electrons. The van der Waals surface area contributed by atoms with Crippen molar-refractivity contribution >= 4 is 11.7 Å². The van der Waals surface area contributed by atoms with E-state index in [0.717, 1.165) is 11.1 Å². The normalized spacial score (nSPS) is 10.5. The standard InChI is InChI=1S/C17H15N3O3/c1-12-2-4-13(5-3-12)10-20-11-14(6-7-16(20)21)17(22)18-15-8-9-23-19-15/h2-9,11H,10H2,1H3,(H,18,19,22). The van der Waals surface area contributed by atoms with Gasteiger partial charge in [0.2, 0.25) is 0 Å². The molecule has 6 nitrogen and oxygen atoms in total. The molecular weight excluding hydrogens is 294 g/mol. The van der Waals surface area contributed by atoms with E-state index in [1.165, 1.54) is 29.2 Å². The van der Waals surface area contributed by atoms with E-state index in [0.29, 0.717) is 17.9 Å². The zero-order valence-corrected chi connectivity index (χ0v) is 12.5. The Morgan fingerprint density at radius 3 is 2.65 bits per heavy atom. The Kier molecular flexibility index (Phi) is 4.05. The SMILES string of the molecule is Cc1ccc(Cn2cc(C(=O)Nc3ccon3)ccc2=O)cc1. The van der Waals surface area contributed by atoms with Crippen LogP contribution in [0.15, 0.2) is 64.2 Å². The van der Waals surface area contributed by atoms with Gasteiger partial charge in [-0.2, -0.15) is 0 Å². The number of carbonyl (C=O) groups excluding carboxylic acids is 1. The first-order valence-corrected chi connectivity index (χ1v) is 7.09. The summed E-state index contributed by atoms with van der Waals surface area (Å²) in [5, 5.41) is 6.22. The van der Waals surface area contributed by atoms with Gasteiger partial charge in [0, 0.05) is 18.3 Å². The van der Waals surface area contributed by atoms with E-state index in [2.05, 4.69) is 15.0 Å². The van der Waals surface area contributed by atoms with Gasteiger partial charge in [-0.1, -0.05) is 35.0 Å². The van der Waals surface area contributed by atoms with Gasteiger partial charge in [-0.3, -0.25) is 9.59 Å². The summed E-state index contributed by atoms with van der Waals surface area (Å²) < 4.78 is 6.17. The number of aryl methyl sites for hydroxylation is 1. The fourth-order valence-corrected chi connectivity index (χ4v) is 2.14. The quantitative estimate of drug-likeness (QED) is 0.803. The van der Waals surface area contributed by atoms with Gasteiger partial charge in [0.25, 0.3) is 11.5 Å². The summed E-state index contributed by atoms with van der Waals surface area (Å²) in [6.07, 6.45) is 2.91. The van der Waals surface area contributed by atoms with Gasteiger partial charge in [0.1, 0.15) is 6.26 Å².